The molecule has 0 heterocycles. The van der Waals surface area contributed by atoms with Crippen LogP contribution in [0.25, 0.3) is 0 Å². The topological polar surface area (TPSA) is 20.2 Å². The van der Waals surface area contributed by atoms with E-state index in [1.54, 1.807) is 0 Å². The third-order valence-electron chi connectivity index (χ3n) is 3.55. The highest BCUT2D eigenvalue weighted by atomic mass is 16.5. The van der Waals surface area contributed by atoms with Crippen LogP contribution in [0.15, 0.2) is 0 Å². The zero-order chi connectivity index (χ0) is 12.4. The van der Waals surface area contributed by atoms with E-state index in [1.165, 1.54) is 51.4 Å². The minimum atomic E-state index is 0.108. The number of quaternary nitrogens is 1. The van der Waals surface area contributed by atoms with E-state index in [0.717, 1.165) is 6.42 Å². The first-order chi connectivity index (χ1) is 7.48. The zero-order valence-corrected chi connectivity index (χ0v) is 11.8. The van der Waals surface area contributed by atoms with Gasteiger partial charge in [0.25, 0.3) is 0 Å². The van der Waals surface area contributed by atoms with Crippen molar-refractivity contribution in [2.24, 2.45) is 0 Å². The van der Waals surface area contributed by atoms with E-state index in [-0.39, 0.29) is 4.65 Å². The van der Waals surface area contributed by atoms with Crippen molar-refractivity contribution >= 4 is 0 Å². The summed E-state index contributed by atoms with van der Waals surface area (Å²) in [5, 5.41) is 9.72. The van der Waals surface area contributed by atoms with E-state index in [0.29, 0.717) is 6.04 Å². The Hall–Kier alpha value is -0.0800. The molecule has 98 valence electrons. The molecule has 2 nitrogen and oxygen atoms in total. The minimum Gasteiger partial charge on any atom is -0.217 e. The Balaban J connectivity index is 3.21. The molecule has 0 saturated heterocycles. The normalized spacial score (nSPS) is 14.1. The lowest BCUT2D eigenvalue weighted by Crippen LogP contribution is -2.43. The summed E-state index contributed by atoms with van der Waals surface area (Å²) >= 11 is 0. The van der Waals surface area contributed by atoms with Gasteiger partial charge < -0.3 is 0 Å². The van der Waals surface area contributed by atoms with Gasteiger partial charge in [-0.15, -0.1) is 0 Å². The summed E-state index contributed by atoms with van der Waals surface area (Å²) in [5.41, 5.74) is 0. The Morgan fingerprint density at radius 1 is 0.875 bits per heavy atom. The van der Waals surface area contributed by atoms with Gasteiger partial charge in [-0.2, -0.15) is 4.65 Å². The first kappa shape index (κ1) is 15.9. The Bertz CT molecular complexity index is 151. The van der Waals surface area contributed by atoms with E-state index in [4.69, 9.17) is 0 Å². The van der Waals surface area contributed by atoms with Gasteiger partial charge in [-0.1, -0.05) is 51.9 Å². The molecule has 0 aromatic heterocycles. The van der Waals surface area contributed by atoms with Gasteiger partial charge >= 0.3 is 0 Å². The summed E-state index contributed by atoms with van der Waals surface area (Å²) in [7, 11) is 3.71. The molecule has 0 aliphatic carbocycles. The largest absolute Gasteiger partial charge is 0.217 e. The van der Waals surface area contributed by atoms with Gasteiger partial charge in [-0.25, -0.2) is 5.21 Å². The van der Waals surface area contributed by atoms with Gasteiger partial charge in [0, 0.05) is 6.42 Å². The Kier molecular flexibility index (Phi) is 8.96. The van der Waals surface area contributed by atoms with Crippen LogP contribution in [-0.2, 0) is 0 Å². The highest BCUT2D eigenvalue weighted by Gasteiger charge is 2.20. The van der Waals surface area contributed by atoms with Gasteiger partial charge in [0.2, 0.25) is 0 Å². The number of hydrogen-bond acceptors (Lipinski definition) is 1. The predicted molar refractivity (Wildman–Crippen MR) is 70.6 cm³/mol. The highest BCUT2D eigenvalue weighted by Crippen LogP contribution is 2.14. The smallest absolute Gasteiger partial charge is 0.116 e. The number of nitrogens with zero attached hydrogens (tertiary/aromatic N) is 1. The highest BCUT2D eigenvalue weighted by molar-refractivity contribution is 4.51. The molecule has 0 bridgehead atoms. The average Bonchev–Trinajstić information content (AvgIpc) is 2.20. The molecule has 1 unspecified atom stereocenters. The quantitative estimate of drug-likeness (QED) is 0.336. The Labute approximate surface area is 102 Å². The molecular formula is C14H32NO+. The van der Waals surface area contributed by atoms with E-state index in [2.05, 4.69) is 13.8 Å². The van der Waals surface area contributed by atoms with Crippen LogP contribution >= 0.6 is 0 Å². The van der Waals surface area contributed by atoms with Crippen molar-refractivity contribution in [1.82, 2.24) is 0 Å². The molecular weight excluding hydrogens is 198 g/mol. The molecule has 0 aromatic rings. The second-order valence-electron chi connectivity index (χ2n) is 5.59. The van der Waals surface area contributed by atoms with Crippen molar-refractivity contribution in [3.63, 3.8) is 0 Å². The molecule has 0 rings (SSSR count). The van der Waals surface area contributed by atoms with Gasteiger partial charge in [0.05, 0.1) is 14.1 Å². The third-order valence-corrected chi connectivity index (χ3v) is 3.55. The summed E-state index contributed by atoms with van der Waals surface area (Å²) in [6, 6.07) is 0.361. The van der Waals surface area contributed by atoms with Crippen LogP contribution in [0.1, 0.15) is 71.6 Å². The zero-order valence-electron chi connectivity index (χ0n) is 11.8. The number of hydrogen-bond donors (Lipinski definition) is 1. The van der Waals surface area contributed by atoms with E-state index >= 15 is 0 Å². The second-order valence-corrected chi connectivity index (χ2v) is 5.59. The second kappa shape index (κ2) is 9.00. The van der Waals surface area contributed by atoms with Crippen LogP contribution in [0.5, 0.6) is 0 Å². The Morgan fingerprint density at radius 3 is 1.75 bits per heavy atom. The van der Waals surface area contributed by atoms with Gasteiger partial charge in [0.15, 0.2) is 0 Å². The third kappa shape index (κ3) is 9.17. The summed E-state index contributed by atoms with van der Waals surface area (Å²) in [6.45, 7) is 4.39. The maximum Gasteiger partial charge on any atom is 0.116 e. The fraction of sp³-hybridized carbons (Fsp3) is 1.00. The minimum absolute atomic E-state index is 0.108. The molecule has 16 heavy (non-hydrogen) atoms. The summed E-state index contributed by atoms with van der Waals surface area (Å²) in [5.74, 6) is 0. The van der Waals surface area contributed by atoms with Gasteiger partial charge in [-0.3, -0.25) is 0 Å². The molecule has 0 radical (unpaired) electrons. The molecule has 0 saturated carbocycles. The first-order valence-corrected chi connectivity index (χ1v) is 7.05. The molecule has 0 aliphatic rings. The Morgan fingerprint density at radius 2 is 1.31 bits per heavy atom. The molecule has 0 aromatic carbocycles. The molecule has 2 heteroatoms. The predicted octanol–water partition coefficient (Wildman–Crippen LogP) is 4.37. The molecule has 0 spiro atoms. The van der Waals surface area contributed by atoms with Crippen molar-refractivity contribution in [3.05, 3.63) is 0 Å². The van der Waals surface area contributed by atoms with E-state index in [1.807, 2.05) is 14.1 Å². The van der Waals surface area contributed by atoms with Crippen molar-refractivity contribution in [2.75, 3.05) is 14.1 Å². The molecule has 0 aliphatic heterocycles. The van der Waals surface area contributed by atoms with Crippen LogP contribution in [-0.4, -0.2) is 30.0 Å². The summed E-state index contributed by atoms with van der Waals surface area (Å²) in [4.78, 5) is 0. The first-order valence-electron chi connectivity index (χ1n) is 7.05. The van der Waals surface area contributed by atoms with Crippen molar-refractivity contribution in [3.8, 4) is 0 Å². The SMILES string of the molecule is CCCCCCCCCCC(C)[N+](C)(C)O. The standard InChI is InChI=1S/C14H32NO/c1-5-6-7-8-9-10-11-12-13-14(2)15(3,4)16/h14,16H,5-13H2,1-4H3/q+1. The monoisotopic (exact) mass is 230 g/mol. The maximum absolute atomic E-state index is 9.72. The van der Waals surface area contributed by atoms with Gasteiger partial charge in [0.1, 0.15) is 6.04 Å². The average molecular weight is 230 g/mol. The molecule has 0 fully saturated rings. The van der Waals surface area contributed by atoms with Crippen molar-refractivity contribution < 1.29 is 9.85 Å². The van der Waals surface area contributed by atoms with Crippen LogP contribution in [0.4, 0.5) is 0 Å². The number of hydroxylamine groups is 3. The lowest BCUT2D eigenvalue weighted by atomic mass is 10.0. The fourth-order valence-corrected chi connectivity index (χ4v) is 1.89. The van der Waals surface area contributed by atoms with E-state index < -0.39 is 0 Å². The van der Waals surface area contributed by atoms with Crippen molar-refractivity contribution in [2.45, 2.75) is 77.7 Å². The van der Waals surface area contributed by atoms with Crippen LogP contribution in [0, 0.1) is 0 Å². The van der Waals surface area contributed by atoms with Gasteiger partial charge in [-0.05, 0) is 13.3 Å². The lowest BCUT2D eigenvalue weighted by Gasteiger charge is -2.27. The lowest BCUT2D eigenvalue weighted by molar-refractivity contribution is -1.09. The molecule has 1 atom stereocenters. The van der Waals surface area contributed by atoms with Crippen LogP contribution in [0.3, 0.4) is 0 Å². The molecule has 0 amide bonds. The molecule has 1 N–H and O–H groups in total. The number of rotatable bonds is 10. The number of unbranched alkanes of at least 4 members (excludes halogenated alkanes) is 7. The van der Waals surface area contributed by atoms with Crippen molar-refractivity contribution in [1.29, 1.82) is 0 Å². The maximum atomic E-state index is 9.72. The summed E-state index contributed by atoms with van der Waals surface area (Å²) in [6.07, 6.45) is 12.0. The fourth-order valence-electron chi connectivity index (χ4n) is 1.89. The summed E-state index contributed by atoms with van der Waals surface area (Å²) < 4.78 is 0.108. The van der Waals surface area contributed by atoms with Crippen LogP contribution in [0.2, 0.25) is 0 Å². The van der Waals surface area contributed by atoms with Crippen LogP contribution < -0.4 is 0 Å². The van der Waals surface area contributed by atoms with E-state index in [9.17, 15) is 5.21 Å².